The van der Waals surface area contributed by atoms with Crippen LogP contribution in [0.15, 0.2) is 29.4 Å². The van der Waals surface area contributed by atoms with Crippen molar-refractivity contribution in [3.63, 3.8) is 0 Å². The lowest BCUT2D eigenvalue weighted by Crippen LogP contribution is -2.13. The molecule has 1 rings (SSSR count). The molecule has 0 fully saturated rings. The zero-order valence-corrected chi connectivity index (χ0v) is 7.60. The van der Waals surface area contributed by atoms with Crippen molar-refractivity contribution in [2.24, 2.45) is 5.16 Å². The number of ether oxygens (including phenoxy) is 1. The number of nitrogens with zero attached hydrogens (tertiary/aromatic N) is 1. The van der Waals surface area contributed by atoms with E-state index in [0.717, 1.165) is 6.21 Å². The molecule has 74 valence electrons. The molecule has 1 aromatic rings. The van der Waals surface area contributed by atoms with E-state index in [0.29, 0.717) is 11.4 Å². The largest absolute Gasteiger partial charge is 0.495 e. The zero-order chi connectivity index (χ0) is 10.4. The molecule has 0 aliphatic carbocycles. The number of para-hydroxylation sites is 2. The van der Waals surface area contributed by atoms with Crippen LogP contribution in [0.25, 0.3) is 0 Å². The molecule has 0 unspecified atom stereocenters. The van der Waals surface area contributed by atoms with Gasteiger partial charge in [-0.25, -0.2) is 0 Å². The van der Waals surface area contributed by atoms with Crippen LogP contribution >= 0.6 is 0 Å². The van der Waals surface area contributed by atoms with Crippen LogP contribution in [0.5, 0.6) is 5.75 Å². The number of oxime groups is 1. The second-order valence-electron chi connectivity index (χ2n) is 2.43. The molecule has 14 heavy (non-hydrogen) atoms. The van der Waals surface area contributed by atoms with Crippen molar-refractivity contribution in [3.05, 3.63) is 24.3 Å². The monoisotopic (exact) mass is 194 g/mol. The summed E-state index contributed by atoms with van der Waals surface area (Å²) >= 11 is 0. The van der Waals surface area contributed by atoms with E-state index in [4.69, 9.17) is 9.94 Å². The van der Waals surface area contributed by atoms with Crippen LogP contribution < -0.4 is 10.1 Å². The molecule has 5 nitrogen and oxygen atoms in total. The summed E-state index contributed by atoms with van der Waals surface area (Å²) in [5, 5.41) is 13.2. The third kappa shape index (κ3) is 2.48. The molecule has 0 bridgehead atoms. The molecule has 0 spiro atoms. The second-order valence-corrected chi connectivity index (χ2v) is 2.43. The number of amides is 1. The van der Waals surface area contributed by atoms with Gasteiger partial charge in [0.25, 0.3) is 5.91 Å². The van der Waals surface area contributed by atoms with Gasteiger partial charge in [-0.05, 0) is 12.1 Å². The number of benzene rings is 1. The molecule has 1 aromatic carbocycles. The van der Waals surface area contributed by atoms with Crippen LogP contribution in [0.1, 0.15) is 0 Å². The van der Waals surface area contributed by atoms with Crippen molar-refractivity contribution in [1.82, 2.24) is 0 Å². The molecule has 2 N–H and O–H groups in total. The molecule has 0 radical (unpaired) electrons. The Morgan fingerprint density at radius 2 is 2.29 bits per heavy atom. The van der Waals surface area contributed by atoms with E-state index < -0.39 is 5.91 Å². The summed E-state index contributed by atoms with van der Waals surface area (Å²) in [6.45, 7) is 0. The van der Waals surface area contributed by atoms with E-state index in [9.17, 15) is 4.79 Å². The van der Waals surface area contributed by atoms with E-state index in [2.05, 4.69) is 10.5 Å². The minimum absolute atomic E-state index is 0.517. The van der Waals surface area contributed by atoms with Gasteiger partial charge in [0.1, 0.15) is 12.0 Å². The van der Waals surface area contributed by atoms with Gasteiger partial charge in [-0.3, -0.25) is 4.79 Å². The summed E-state index contributed by atoms with van der Waals surface area (Å²) in [7, 11) is 1.51. The molecule has 0 saturated heterocycles. The summed E-state index contributed by atoms with van der Waals surface area (Å²) < 4.78 is 5.00. The van der Waals surface area contributed by atoms with Gasteiger partial charge in [-0.1, -0.05) is 17.3 Å². The third-order valence-electron chi connectivity index (χ3n) is 1.54. The molecule has 0 aliphatic rings. The first-order chi connectivity index (χ1) is 6.77. The highest BCUT2D eigenvalue weighted by molar-refractivity contribution is 6.31. The molecule has 0 aliphatic heterocycles. The van der Waals surface area contributed by atoms with Gasteiger partial charge in [0.2, 0.25) is 0 Å². The summed E-state index contributed by atoms with van der Waals surface area (Å²) in [6, 6.07) is 6.94. The lowest BCUT2D eigenvalue weighted by atomic mass is 10.3. The Kier molecular flexibility index (Phi) is 3.49. The highest BCUT2D eigenvalue weighted by Crippen LogP contribution is 2.22. The lowest BCUT2D eigenvalue weighted by molar-refractivity contribution is -0.110. The average molecular weight is 194 g/mol. The van der Waals surface area contributed by atoms with Crippen molar-refractivity contribution >= 4 is 17.8 Å². The van der Waals surface area contributed by atoms with E-state index in [-0.39, 0.29) is 0 Å². The van der Waals surface area contributed by atoms with Crippen LogP contribution in [0.2, 0.25) is 0 Å². The molecule has 0 atom stereocenters. The summed E-state index contributed by atoms with van der Waals surface area (Å²) in [5.41, 5.74) is 0.528. The van der Waals surface area contributed by atoms with Crippen LogP contribution in [-0.4, -0.2) is 24.4 Å². The van der Waals surface area contributed by atoms with Crippen molar-refractivity contribution in [3.8, 4) is 5.75 Å². The fraction of sp³-hybridized carbons (Fsp3) is 0.111. The number of nitrogens with one attached hydrogen (secondary N) is 1. The second kappa shape index (κ2) is 4.86. The van der Waals surface area contributed by atoms with E-state index >= 15 is 0 Å². The summed E-state index contributed by atoms with van der Waals surface area (Å²) in [4.78, 5) is 11.0. The van der Waals surface area contributed by atoms with Crippen molar-refractivity contribution in [2.75, 3.05) is 12.4 Å². The summed E-state index contributed by atoms with van der Waals surface area (Å²) in [5.74, 6) is 0.0317. The molecular formula is C9H10N2O3. The number of anilines is 1. The summed E-state index contributed by atoms with van der Waals surface area (Å²) in [6.07, 6.45) is 0.770. The van der Waals surface area contributed by atoms with Gasteiger partial charge >= 0.3 is 0 Å². The van der Waals surface area contributed by atoms with Crippen molar-refractivity contribution < 1.29 is 14.7 Å². The van der Waals surface area contributed by atoms with Gasteiger partial charge in [0.15, 0.2) is 0 Å². The van der Waals surface area contributed by atoms with Gasteiger partial charge in [0.05, 0.1) is 12.8 Å². The van der Waals surface area contributed by atoms with Gasteiger partial charge < -0.3 is 15.3 Å². The van der Waals surface area contributed by atoms with Gasteiger partial charge in [0, 0.05) is 0 Å². The maximum atomic E-state index is 11.0. The predicted octanol–water partition coefficient (Wildman–Crippen LogP) is 1.09. The Morgan fingerprint density at radius 3 is 2.93 bits per heavy atom. The first kappa shape index (κ1) is 10.0. The number of carbonyl (C=O) groups is 1. The van der Waals surface area contributed by atoms with E-state index in [1.165, 1.54) is 7.11 Å². The average Bonchev–Trinajstić information content (AvgIpc) is 2.19. The maximum absolute atomic E-state index is 11.0. The zero-order valence-electron chi connectivity index (χ0n) is 7.60. The fourth-order valence-electron chi connectivity index (χ4n) is 0.965. The molecule has 0 heterocycles. The highest BCUT2D eigenvalue weighted by Gasteiger charge is 2.03. The fourth-order valence-corrected chi connectivity index (χ4v) is 0.965. The van der Waals surface area contributed by atoms with Crippen LogP contribution in [-0.2, 0) is 4.79 Å². The Labute approximate surface area is 81.0 Å². The number of carbonyl (C=O) groups excluding carboxylic acids is 1. The topological polar surface area (TPSA) is 70.9 Å². The van der Waals surface area contributed by atoms with Crippen LogP contribution in [0.4, 0.5) is 5.69 Å². The molecule has 0 aromatic heterocycles. The first-order valence-electron chi connectivity index (χ1n) is 3.89. The molecule has 1 amide bonds. The van der Waals surface area contributed by atoms with Crippen LogP contribution in [0.3, 0.4) is 0 Å². The smallest absolute Gasteiger partial charge is 0.270 e. The number of methoxy groups -OCH3 is 1. The van der Waals surface area contributed by atoms with Crippen molar-refractivity contribution in [1.29, 1.82) is 0 Å². The number of rotatable bonds is 3. The normalized spacial score (nSPS) is 10.1. The highest BCUT2D eigenvalue weighted by atomic mass is 16.5. The quantitative estimate of drug-likeness (QED) is 0.430. The minimum atomic E-state index is -0.517. The number of hydrogen-bond acceptors (Lipinski definition) is 4. The Bertz CT molecular complexity index is 350. The standard InChI is InChI=1S/C9H10N2O3/c1-14-8-5-3-2-4-7(8)11-9(12)6-10-13/h2-6,13H,1H3,(H,11,12)/b10-6+. The minimum Gasteiger partial charge on any atom is -0.495 e. The predicted molar refractivity (Wildman–Crippen MR) is 51.9 cm³/mol. The molecule has 5 heteroatoms. The Balaban J connectivity index is 2.80. The Morgan fingerprint density at radius 1 is 1.57 bits per heavy atom. The van der Waals surface area contributed by atoms with E-state index in [1.54, 1.807) is 24.3 Å². The maximum Gasteiger partial charge on any atom is 0.270 e. The Hall–Kier alpha value is -2.04. The SMILES string of the molecule is COc1ccccc1NC(=O)/C=N/O. The van der Waals surface area contributed by atoms with Crippen LogP contribution in [0, 0.1) is 0 Å². The molecular weight excluding hydrogens is 184 g/mol. The number of hydrogen-bond donors (Lipinski definition) is 2. The van der Waals surface area contributed by atoms with Crippen molar-refractivity contribution in [2.45, 2.75) is 0 Å². The first-order valence-corrected chi connectivity index (χ1v) is 3.89. The molecule has 0 saturated carbocycles. The third-order valence-corrected chi connectivity index (χ3v) is 1.54. The van der Waals surface area contributed by atoms with Gasteiger partial charge in [-0.15, -0.1) is 0 Å². The lowest BCUT2D eigenvalue weighted by Gasteiger charge is -2.07. The van der Waals surface area contributed by atoms with E-state index in [1.807, 2.05) is 0 Å². The van der Waals surface area contributed by atoms with Gasteiger partial charge in [-0.2, -0.15) is 0 Å².